The zero-order chi connectivity index (χ0) is 15.5. The van der Waals surface area contributed by atoms with E-state index in [9.17, 15) is 9.59 Å². The number of oxime groups is 1. The lowest BCUT2D eigenvalue weighted by Crippen LogP contribution is -2.34. The molecule has 0 bridgehead atoms. The first-order valence-electron chi connectivity index (χ1n) is 6.05. The summed E-state index contributed by atoms with van der Waals surface area (Å²) in [6.07, 6.45) is 0.698. The van der Waals surface area contributed by atoms with Gasteiger partial charge in [0.25, 0.3) is 0 Å². The minimum Gasteiger partial charge on any atom is -0.480 e. The topological polar surface area (TPSA) is 135 Å². The first-order chi connectivity index (χ1) is 9.42. The molecular weight excluding hydrogens is 270 g/mol. The Morgan fingerprint density at radius 3 is 2.55 bits per heavy atom. The van der Waals surface area contributed by atoms with Gasteiger partial charge in [0.2, 0.25) is 0 Å². The number of carboxylic acids is 1. The number of nitrogens with zero attached hydrogens (tertiary/aromatic N) is 2. The highest BCUT2D eigenvalue weighted by Crippen LogP contribution is 2.03. The molecule has 0 aliphatic heterocycles. The summed E-state index contributed by atoms with van der Waals surface area (Å²) in [4.78, 5) is 22.9. The Labute approximate surface area is 116 Å². The van der Waals surface area contributed by atoms with Crippen molar-refractivity contribution in [2.24, 2.45) is 10.9 Å². The first kappa shape index (κ1) is 18.0. The van der Waals surface area contributed by atoms with E-state index in [2.05, 4.69) is 9.89 Å². The van der Waals surface area contributed by atoms with E-state index in [1.165, 1.54) is 12.0 Å². The number of unbranched alkanes of at least 4 members (excludes halogenated alkanes) is 1. The number of hydrogen-bond donors (Lipinski definition) is 3. The number of hydrogen-bond acceptors (Lipinski definition) is 7. The first-order valence-corrected chi connectivity index (χ1v) is 6.05. The number of amidine groups is 1. The minimum atomic E-state index is -1.04. The Morgan fingerprint density at radius 1 is 1.40 bits per heavy atom. The molecule has 9 heteroatoms. The number of carbonyl (C=O) groups is 2. The van der Waals surface area contributed by atoms with Crippen molar-refractivity contribution in [2.75, 3.05) is 20.4 Å². The van der Waals surface area contributed by atoms with E-state index in [0.29, 0.717) is 25.8 Å². The molecular formula is C11H21N3O6. The normalized spacial score (nSPS) is 12.7. The van der Waals surface area contributed by atoms with Crippen LogP contribution in [0.4, 0.5) is 4.79 Å². The van der Waals surface area contributed by atoms with Crippen molar-refractivity contribution in [3.63, 3.8) is 0 Å². The van der Waals surface area contributed by atoms with Gasteiger partial charge in [-0.1, -0.05) is 5.16 Å². The average molecular weight is 291 g/mol. The Balaban J connectivity index is 4.11. The van der Waals surface area contributed by atoms with Gasteiger partial charge in [-0.25, -0.2) is 4.79 Å². The predicted molar refractivity (Wildman–Crippen MR) is 69.4 cm³/mol. The fourth-order valence-electron chi connectivity index (χ4n) is 1.36. The van der Waals surface area contributed by atoms with Gasteiger partial charge in [-0.15, -0.1) is 0 Å². The number of carbonyl (C=O) groups excluding carboxylic acids is 1. The van der Waals surface area contributed by atoms with E-state index in [1.54, 1.807) is 6.92 Å². The fraction of sp³-hybridized carbons (Fsp3) is 0.727. The van der Waals surface area contributed by atoms with Gasteiger partial charge < -0.3 is 30.4 Å². The highest BCUT2D eigenvalue weighted by molar-refractivity contribution is 5.79. The number of rotatable bonds is 8. The van der Waals surface area contributed by atoms with Crippen LogP contribution in [0.2, 0.25) is 0 Å². The molecule has 0 aromatic carbocycles. The molecule has 0 rings (SSSR count). The second-order valence-corrected chi connectivity index (χ2v) is 4.08. The molecule has 1 unspecified atom stereocenters. The van der Waals surface area contributed by atoms with Crippen LogP contribution in [-0.2, 0) is 14.3 Å². The van der Waals surface area contributed by atoms with Gasteiger partial charge in [-0.3, -0.25) is 4.79 Å². The molecule has 20 heavy (non-hydrogen) atoms. The van der Waals surface area contributed by atoms with Crippen molar-refractivity contribution in [1.29, 1.82) is 0 Å². The van der Waals surface area contributed by atoms with E-state index in [0.717, 1.165) is 0 Å². The standard InChI is InChI=1S/C11H21N3O6/c1-8(13-18)14(7-20-11(17)19-2)6-4-3-5-9(12)10(15)16/h9,18H,3-7,12H2,1-2H3,(H,15,16)/b13-8+. The van der Waals surface area contributed by atoms with Gasteiger partial charge in [0.05, 0.1) is 7.11 Å². The van der Waals surface area contributed by atoms with Gasteiger partial charge in [0.1, 0.15) is 11.9 Å². The lowest BCUT2D eigenvalue weighted by atomic mass is 10.1. The van der Waals surface area contributed by atoms with Crippen LogP contribution in [0.3, 0.4) is 0 Å². The highest BCUT2D eigenvalue weighted by atomic mass is 16.7. The van der Waals surface area contributed by atoms with Gasteiger partial charge in [0, 0.05) is 6.54 Å². The molecule has 0 spiro atoms. The summed E-state index contributed by atoms with van der Waals surface area (Å²) in [5, 5.41) is 20.4. The summed E-state index contributed by atoms with van der Waals surface area (Å²) < 4.78 is 9.07. The molecule has 116 valence electrons. The molecule has 0 aromatic heterocycles. The number of nitrogens with two attached hydrogens (primary N) is 1. The predicted octanol–water partition coefficient (Wildman–Crippen LogP) is 0.419. The van der Waals surface area contributed by atoms with Crippen LogP contribution in [0, 0.1) is 0 Å². The van der Waals surface area contributed by atoms with E-state index >= 15 is 0 Å². The highest BCUT2D eigenvalue weighted by Gasteiger charge is 2.13. The van der Waals surface area contributed by atoms with Crippen LogP contribution in [0.25, 0.3) is 0 Å². The Bertz CT molecular complexity index is 347. The monoisotopic (exact) mass is 291 g/mol. The quantitative estimate of drug-likeness (QED) is 0.111. The molecule has 9 nitrogen and oxygen atoms in total. The van der Waals surface area contributed by atoms with Crippen LogP contribution in [-0.4, -0.2) is 59.6 Å². The third-order valence-corrected chi connectivity index (χ3v) is 2.62. The molecule has 0 aromatic rings. The van der Waals surface area contributed by atoms with Crippen LogP contribution < -0.4 is 5.73 Å². The maximum Gasteiger partial charge on any atom is 0.509 e. The van der Waals surface area contributed by atoms with Crippen molar-refractivity contribution in [1.82, 2.24) is 4.90 Å². The Kier molecular flexibility index (Phi) is 8.84. The zero-order valence-corrected chi connectivity index (χ0v) is 11.6. The number of methoxy groups -OCH3 is 1. The number of carboxylic acid groups (broad SMARTS) is 1. The van der Waals surface area contributed by atoms with Crippen LogP contribution in [0.5, 0.6) is 0 Å². The number of aliphatic carboxylic acids is 1. The molecule has 0 saturated heterocycles. The van der Waals surface area contributed by atoms with Crippen LogP contribution >= 0.6 is 0 Å². The summed E-state index contributed by atoms with van der Waals surface area (Å²) in [5.74, 6) is -0.764. The lowest BCUT2D eigenvalue weighted by Gasteiger charge is -2.22. The van der Waals surface area contributed by atoms with Crippen molar-refractivity contribution in [2.45, 2.75) is 32.2 Å². The van der Waals surface area contributed by atoms with Crippen molar-refractivity contribution < 1.29 is 29.4 Å². The molecule has 0 aliphatic carbocycles. The lowest BCUT2D eigenvalue weighted by molar-refractivity contribution is -0.138. The fourth-order valence-corrected chi connectivity index (χ4v) is 1.36. The van der Waals surface area contributed by atoms with Crippen molar-refractivity contribution >= 4 is 18.0 Å². The minimum absolute atomic E-state index is 0.118. The summed E-state index contributed by atoms with van der Waals surface area (Å²) in [6, 6.07) is -0.887. The summed E-state index contributed by atoms with van der Waals surface area (Å²) in [6.45, 7) is 1.86. The van der Waals surface area contributed by atoms with E-state index in [4.69, 9.17) is 20.8 Å². The molecule has 0 aliphatic rings. The van der Waals surface area contributed by atoms with E-state index < -0.39 is 18.2 Å². The average Bonchev–Trinajstić information content (AvgIpc) is 2.44. The molecule has 0 radical (unpaired) electrons. The molecule has 0 fully saturated rings. The molecule has 0 amide bonds. The van der Waals surface area contributed by atoms with Crippen LogP contribution in [0.15, 0.2) is 5.16 Å². The molecule has 4 N–H and O–H groups in total. The van der Waals surface area contributed by atoms with Crippen molar-refractivity contribution in [3.8, 4) is 0 Å². The largest absolute Gasteiger partial charge is 0.509 e. The summed E-state index contributed by atoms with van der Waals surface area (Å²) >= 11 is 0. The van der Waals surface area contributed by atoms with Gasteiger partial charge in [-0.05, 0) is 26.2 Å². The third kappa shape index (κ3) is 7.41. The summed E-state index contributed by atoms with van der Waals surface area (Å²) in [7, 11) is 1.19. The van der Waals surface area contributed by atoms with Gasteiger partial charge in [0.15, 0.2) is 6.73 Å². The SMILES string of the molecule is COC(=O)OCN(CCCCC(N)C(=O)O)/C(C)=N/O. The van der Waals surface area contributed by atoms with E-state index in [-0.39, 0.29) is 12.6 Å². The second-order valence-electron chi connectivity index (χ2n) is 4.08. The second kappa shape index (κ2) is 9.84. The molecule has 0 saturated carbocycles. The Hall–Kier alpha value is -2.03. The summed E-state index contributed by atoms with van der Waals surface area (Å²) in [5.41, 5.74) is 5.37. The maximum atomic E-state index is 10.9. The maximum absolute atomic E-state index is 10.9. The van der Waals surface area contributed by atoms with E-state index in [1.807, 2.05) is 0 Å². The van der Waals surface area contributed by atoms with Crippen molar-refractivity contribution in [3.05, 3.63) is 0 Å². The third-order valence-electron chi connectivity index (χ3n) is 2.62. The van der Waals surface area contributed by atoms with Crippen LogP contribution in [0.1, 0.15) is 26.2 Å². The number of ether oxygens (including phenoxy) is 2. The Morgan fingerprint density at radius 2 is 2.05 bits per heavy atom. The van der Waals surface area contributed by atoms with Gasteiger partial charge >= 0.3 is 12.1 Å². The zero-order valence-electron chi connectivity index (χ0n) is 11.6. The smallest absolute Gasteiger partial charge is 0.480 e. The molecule has 0 heterocycles. The molecule has 1 atom stereocenters. The van der Waals surface area contributed by atoms with Gasteiger partial charge in [-0.2, -0.15) is 0 Å².